The van der Waals surface area contributed by atoms with E-state index in [1.807, 2.05) is 71.9 Å². The molecule has 0 saturated heterocycles. The van der Waals surface area contributed by atoms with Crippen LogP contribution < -0.4 is 4.74 Å². The third-order valence-corrected chi connectivity index (χ3v) is 4.16. The summed E-state index contributed by atoms with van der Waals surface area (Å²) in [7, 11) is 0. The van der Waals surface area contributed by atoms with Gasteiger partial charge in [-0.25, -0.2) is 11.1 Å². The standard InChI is InChI=1S/C14H9N2O.C11H20O2.Ir/c1-2-6-12-10-16-14(9-11(12)5-1)17-13-7-3-4-8-15-13;1-10(2,3)8(12)7-9(13)11(4,5)6;/h1-6,8-10H;7,12H,1-6H3;/q-1;;/b;8-7-;. The monoisotopic (exact) mass is 598 g/mol. The summed E-state index contributed by atoms with van der Waals surface area (Å²) >= 11 is 0. The quantitative estimate of drug-likeness (QED) is 0.218. The minimum atomic E-state index is -0.417. The Morgan fingerprint density at radius 1 is 1.00 bits per heavy atom. The number of allylic oxidation sites excluding steroid dienone is 2. The Kier molecular flexibility index (Phi) is 9.54. The predicted octanol–water partition coefficient (Wildman–Crippen LogP) is 6.31. The number of ether oxygens (including phenoxy) is 1. The molecule has 0 atom stereocenters. The van der Waals surface area contributed by atoms with Crippen molar-refractivity contribution in [1.29, 1.82) is 0 Å². The van der Waals surface area contributed by atoms with Crippen molar-refractivity contribution < 1.29 is 34.7 Å². The number of rotatable bonds is 3. The third-order valence-electron chi connectivity index (χ3n) is 4.16. The van der Waals surface area contributed by atoms with Crippen LogP contribution in [-0.2, 0) is 24.9 Å². The van der Waals surface area contributed by atoms with Crippen LogP contribution >= 0.6 is 0 Å². The van der Waals surface area contributed by atoms with Crippen molar-refractivity contribution in [3.8, 4) is 11.8 Å². The number of hydrogen-bond acceptors (Lipinski definition) is 5. The van der Waals surface area contributed by atoms with Gasteiger partial charge in [0, 0.05) is 54.7 Å². The number of aliphatic hydroxyl groups is 1. The maximum Gasteiger partial charge on any atom is 0.219 e. The number of nitrogens with zero attached hydrogens (tertiary/aromatic N) is 2. The van der Waals surface area contributed by atoms with E-state index in [1.54, 1.807) is 24.5 Å². The van der Waals surface area contributed by atoms with E-state index in [2.05, 4.69) is 16.0 Å². The summed E-state index contributed by atoms with van der Waals surface area (Å²) in [5, 5.41) is 11.7. The van der Waals surface area contributed by atoms with Crippen molar-refractivity contribution in [3.63, 3.8) is 0 Å². The summed E-state index contributed by atoms with van der Waals surface area (Å²) in [5.74, 6) is 1.06. The molecule has 0 unspecified atom stereocenters. The van der Waals surface area contributed by atoms with E-state index in [0.29, 0.717) is 11.8 Å². The van der Waals surface area contributed by atoms with Crippen molar-refractivity contribution in [2.75, 3.05) is 0 Å². The van der Waals surface area contributed by atoms with Gasteiger partial charge in [-0.3, -0.25) is 9.78 Å². The molecule has 0 aliphatic heterocycles. The molecule has 5 nitrogen and oxygen atoms in total. The van der Waals surface area contributed by atoms with Crippen LogP contribution in [0.4, 0.5) is 0 Å². The van der Waals surface area contributed by atoms with Gasteiger partial charge >= 0.3 is 0 Å². The fourth-order valence-electron chi connectivity index (χ4n) is 2.14. The average molecular weight is 598 g/mol. The van der Waals surface area contributed by atoms with Gasteiger partial charge in [0.25, 0.3) is 0 Å². The summed E-state index contributed by atoms with van der Waals surface area (Å²) in [6.07, 6.45) is 4.78. The first-order valence-corrected chi connectivity index (χ1v) is 9.78. The zero-order valence-corrected chi connectivity index (χ0v) is 21.2. The molecule has 0 aliphatic carbocycles. The van der Waals surface area contributed by atoms with Gasteiger partial charge in [0.1, 0.15) is 11.6 Å². The normalized spacial score (nSPS) is 11.7. The number of ketones is 1. The van der Waals surface area contributed by atoms with Crippen LogP contribution in [-0.4, -0.2) is 20.9 Å². The van der Waals surface area contributed by atoms with Gasteiger partial charge in [0.05, 0.1) is 0 Å². The van der Waals surface area contributed by atoms with Crippen molar-refractivity contribution in [2.45, 2.75) is 41.5 Å². The Labute approximate surface area is 197 Å². The van der Waals surface area contributed by atoms with Gasteiger partial charge in [0.2, 0.25) is 5.88 Å². The molecular formula is C25H29IrN2O3-. The van der Waals surface area contributed by atoms with Crippen LogP contribution in [0.5, 0.6) is 11.8 Å². The third kappa shape index (κ3) is 8.60. The van der Waals surface area contributed by atoms with E-state index in [-0.39, 0.29) is 37.1 Å². The molecule has 167 valence electrons. The second-order valence-electron chi connectivity index (χ2n) is 8.95. The molecule has 6 heteroatoms. The molecule has 0 fully saturated rings. The Morgan fingerprint density at radius 2 is 1.65 bits per heavy atom. The molecule has 31 heavy (non-hydrogen) atoms. The van der Waals surface area contributed by atoms with Crippen molar-refractivity contribution in [2.24, 2.45) is 10.8 Å². The molecular weight excluding hydrogens is 569 g/mol. The Balaban J connectivity index is 0.000000314. The molecule has 3 aromatic rings. The van der Waals surface area contributed by atoms with Crippen LogP contribution in [0, 0.1) is 16.9 Å². The van der Waals surface area contributed by atoms with Gasteiger partial charge in [-0.2, -0.15) is 12.1 Å². The van der Waals surface area contributed by atoms with Crippen LogP contribution in [0.1, 0.15) is 41.5 Å². The summed E-state index contributed by atoms with van der Waals surface area (Å²) in [5.41, 5.74) is -0.764. The largest absolute Gasteiger partial charge is 0.512 e. The molecule has 0 saturated carbocycles. The minimum absolute atomic E-state index is 0. The average Bonchev–Trinajstić information content (AvgIpc) is 2.68. The first kappa shape index (κ1) is 26.5. The van der Waals surface area contributed by atoms with E-state index >= 15 is 0 Å². The van der Waals surface area contributed by atoms with E-state index < -0.39 is 5.41 Å². The summed E-state index contributed by atoms with van der Waals surface area (Å²) in [4.78, 5) is 19.7. The summed E-state index contributed by atoms with van der Waals surface area (Å²) < 4.78 is 5.51. The fraction of sp³-hybridized carbons (Fsp3) is 0.320. The van der Waals surface area contributed by atoms with Crippen molar-refractivity contribution in [3.05, 3.63) is 72.8 Å². The maximum absolute atomic E-state index is 11.5. The molecule has 1 radical (unpaired) electrons. The van der Waals surface area contributed by atoms with Gasteiger partial charge < -0.3 is 9.84 Å². The van der Waals surface area contributed by atoms with Crippen LogP contribution in [0.25, 0.3) is 10.8 Å². The molecule has 2 heterocycles. The Morgan fingerprint density at radius 3 is 2.19 bits per heavy atom. The number of aliphatic hydroxyl groups excluding tert-OH is 1. The molecule has 1 aromatic carbocycles. The maximum atomic E-state index is 11.5. The van der Waals surface area contributed by atoms with Crippen LogP contribution in [0.3, 0.4) is 0 Å². The number of carbonyl (C=O) groups is 1. The fourth-order valence-corrected chi connectivity index (χ4v) is 2.14. The molecule has 0 bridgehead atoms. The van der Waals surface area contributed by atoms with Crippen molar-refractivity contribution >= 4 is 16.6 Å². The molecule has 2 aromatic heterocycles. The number of pyridine rings is 2. The first-order valence-electron chi connectivity index (χ1n) is 9.78. The molecule has 0 aliphatic rings. The SMILES string of the molecule is CC(C)(C)C(=O)/C=C(\O)C(C)(C)C.[Ir].[c-]1cccnc1Oc1cc2ccccc2cn1. The Bertz CT molecular complexity index is 1020. The van der Waals surface area contributed by atoms with Gasteiger partial charge in [-0.05, 0) is 5.39 Å². The predicted molar refractivity (Wildman–Crippen MR) is 120 cm³/mol. The summed E-state index contributed by atoms with van der Waals surface area (Å²) in [6, 6.07) is 16.3. The molecule has 3 rings (SSSR count). The zero-order valence-electron chi connectivity index (χ0n) is 18.8. The molecule has 1 N–H and O–H groups in total. The van der Waals surface area contributed by atoms with Gasteiger partial charge in [0.15, 0.2) is 5.78 Å². The molecule has 0 amide bonds. The number of fused-ring (bicyclic) bond motifs is 1. The van der Waals surface area contributed by atoms with E-state index in [4.69, 9.17) is 4.74 Å². The van der Waals surface area contributed by atoms with E-state index in [0.717, 1.165) is 10.8 Å². The summed E-state index contributed by atoms with van der Waals surface area (Å²) in [6.45, 7) is 11.1. The zero-order chi connectivity index (χ0) is 22.4. The first-order chi connectivity index (χ1) is 14.0. The van der Waals surface area contributed by atoms with E-state index in [9.17, 15) is 9.90 Å². The van der Waals surface area contributed by atoms with Gasteiger partial charge in [-0.1, -0.05) is 72.0 Å². The number of benzene rings is 1. The van der Waals surface area contributed by atoms with E-state index in [1.165, 1.54) is 6.08 Å². The topological polar surface area (TPSA) is 72.3 Å². The minimum Gasteiger partial charge on any atom is -0.512 e. The number of aromatic nitrogens is 2. The second-order valence-corrected chi connectivity index (χ2v) is 8.95. The van der Waals surface area contributed by atoms with Crippen molar-refractivity contribution in [1.82, 2.24) is 9.97 Å². The Hall–Kier alpha value is -2.56. The van der Waals surface area contributed by atoms with Gasteiger partial charge in [-0.15, -0.1) is 0 Å². The van der Waals surface area contributed by atoms with Crippen LogP contribution in [0.2, 0.25) is 0 Å². The number of carbonyl (C=O) groups excluding carboxylic acids is 1. The smallest absolute Gasteiger partial charge is 0.219 e. The second kappa shape index (κ2) is 11.2. The van der Waals surface area contributed by atoms with Crippen LogP contribution in [0.15, 0.2) is 66.7 Å². The number of hydrogen-bond donors (Lipinski definition) is 1. The molecule has 0 spiro atoms.